The maximum Gasteiger partial charge on any atom is 0.115 e. The van der Waals surface area contributed by atoms with Crippen LogP contribution in [-0.4, -0.2) is 10.2 Å². The summed E-state index contributed by atoms with van der Waals surface area (Å²) in [6, 6.07) is 14.6. The maximum atomic E-state index is 9.45. The summed E-state index contributed by atoms with van der Waals surface area (Å²) in [5.41, 5.74) is 4.73. The first-order valence-electron chi connectivity index (χ1n) is 8.96. The second kappa shape index (κ2) is 12.2. The standard InChI is InChI=1S/C18H20O2.2C2H6/c1-3-13(4-2)18(14-5-9-16(19)10-6-14)15-7-11-17(20)12-8-15;2*1-2/h5-12,19-20H,3-4H2,1-2H3;2*1-2H3. The molecular weight excluding hydrogens is 296 g/mol. The molecule has 2 rings (SSSR count). The monoisotopic (exact) mass is 328 g/mol. The number of benzene rings is 2. The predicted octanol–water partition coefficient (Wildman–Crippen LogP) is 6.77. The lowest BCUT2D eigenvalue weighted by atomic mass is 9.90. The molecular formula is C22H32O2. The second-order valence-electron chi connectivity index (χ2n) is 4.78. The van der Waals surface area contributed by atoms with Gasteiger partial charge in [-0.1, -0.05) is 71.4 Å². The minimum atomic E-state index is 0.272. The van der Waals surface area contributed by atoms with Crippen LogP contribution in [0.2, 0.25) is 0 Å². The Hall–Kier alpha value is -2.22. The van der Waals surface area contributed by atoms with Gasteiger partial charge in [0.2, 0.25) is 0 Å². The zero-order valence-corrected chi connectivity index (χ0v) is 15.9. The Morgan fingerprint density at radius 3 is 1.17 bits per heavy atom. The van der Waals surface area contributed by atoms with Gasteiger partial charge in [0, 0.05) is 0 Å². The van der Waals surface area contributed by atoms with Gasteiger partial charge in [0.25, 0.3) is 0 Å². The van der Waals surface area contributed by atoms with E-state index in [9.17, 15) is 10.2 Å². The van der Waals surface area contributed by atoms with E-state index in [1.165, 1.54) is 11.1 Å². The molecule has 0 bridgehead atoms. The van der Waals surface area contributed by atoms with Crippen LogP contribution in [0.4, 0.5) is 0 Å². The Morgan fingerprint density at radius 2 is 0.917 bits per heavy atom. The van der Waals surface area contributed by atoms with E-state index in [2.05, 4.69) is 13.8 Å². The summed E-state index contributed by atoms with van der Waals surface area (Å²) >= 11 is 0. The van der Waals surface area contributed by atoms with Crippen molar-refractivity contribution in [3.05, 3.63) is 65.2 Å². The van der Waals surface area contributed by atoms with E-state index in [-0.39, 0.29) is 11.5 Å². The highest BCUT2D eigenvalue weighted by molar-refractivity contribution is 5.82. The molecule has 0 unspecified atom stereocenters. The Bertz CT molecular complexity index is 539. The number of rotatable bonds is 4. The van der Waals surface area contributed by atoms with Crippen LogP contribution in [-0.2, 0) is 0 Å². The normalized spacial score (nSPS) is 9.08. The number of aromatic hydroxyl groups is 2. The third-order valence-corrected chi connectivity index (χ3v) is 3.52. The van der Waals surface area contributed by atoms with E-state index in [0.29, 0.717) is 0 Å². The summed E-state index contributed by atoms with van der Waals surface area (Å²) in [4.78, 5) is 0. The Kier molecular flexibility index (Phi) is 11.1. The van der Waals surface area contributed by atoms with Crippen LogP contribution in [0.3, 0.4) is 0 Å². The van der Waals surface area contributed by atoms with Crippen molar-refractivity contribution in [3.8, 4) is 11.5 Å². The van der Waals surface area contributed by atoms with E-state index >= 15 is 0 Å². The summed E-state index contributed by atoms with van der Waals surface area (Å²) in [5, 5.41) is 18.9. The van der Waals surface area contributed by atoms with Gasteiger partial charge in [-0.15, -0.1) is 0 Å². The van der Waals surface area contributed by atoms with Crippen molar-refractivity contribution < 1.29 is 10.2 Å². The van der Waals surface area contributed by atoms with Crippen molar-refractivity contribution >= 4 is 5.57 Å². The van der Waals surface area contributed by atoms with Crippen molar-refractivity contribution in [3.63, 3.8) is 0 Å². The molecule has 0 fully saturated rings. The Morgan fingerprint density at radius 1 is 0.625 bits per heavy atom. The quantitative estimate of drug-likeness (QED) is 0.650. The van der Waals surface area contributed by atoms with Crippen LogP contribution in [0.15, 0.2) is 54.1 Å². The molecule has 0 aromatic heterocycles. The van der Waals surface area contributed by atoms with Crippen molar-refractivity contribution in [2.24, 2.45) is 0 Å². The van der Waals surface area contributed by atoms with Gasteiger partial charge < -0.3 is 10.2 Å². The summed E-state index contributed by atoms with van der Waals surface area (Å²) in [5.74, 6) is 0.543. The Labute approximate surface area is 147 Å². The highest BCUT2D eigenvalue weighted by Gasteiger charge is 2.10. The smallest absolute Gasteiger partial charge is 0.115 e. The van der Waals surface area contributed by atoms with Gasteiger partial charge in [0.1, 0.15) is 11.5 Å². The van der Waals surface area contributed by atoms with E-state index < -0.39 is 0 Å². The molecule has 2 heteroatoms. The van der Waals surface area contributed by atoms with Crippen molar-refractivity contribution in [2.45, 2.75) is 54.4 Å². The van der Waals surface area contributed by atoms with E-state index in [4.69, 9.17) is 0 Å². The topological polar surface area (TPSA) is 40.5 Å². The summed E-state index contributed by atoms with van der Waals surface area (Å²) in [7, 11) is 0. The second-order valence-corrected chi connectivity index (χ2v) is 4.78. The van der Waals surface area contributed by atoms with Gasteiger partial charge in [-0.25, -0.2) is 0 Å². The SMILES string of the molecule is CC.CC.CCC(CC)=C(c1ccc(O)cc1)c1ccc(O)cc1. The van der Waals surface area contributed by atoms with Gasteiger partial charge in [0.05, 0.1) is 0 Å². The lowest BCUT2D eigenvalue weighted by Crippen LogP contribution is -1.93. The zero-order chi connectivity index (χ0) is 18.5. The molecule has 2 aromatic rings. The third-order valence-electron chi connectivity index (χ3n) is 3.52. The molecule has 0 spiro atoms. The highest BCUT2D eigenvalue weighted by Crippen LogP contribution is 2.31. The molecule has 0 heterocycles. The number of phenols is 2. The number of hydrogen-bond acceptors (Lipinski definition) is 2. The fourth-order valence-corrected chi connectivity index (χ4v) is 2.43. The maximum absolute atomic E-state index is 9.45. The third kappa shape index (κ3) is 6.11. The largest absolute Gasteiger partial charge is 0.508 e. The van der Waals surface area contributed by atoms with Crippen molar-refractivity contribution in [2.75, 3.05) is 0 Å². The summed E-state index contributed by atoms with van der Waals surface area (Å²) in [6.45, 7) is 12.3. The number of phenolic OH excluding ortho intramolecular Hbond substituents is 2. The summed E-state index contributed by atoms with van der Waals surface area (Å²) in [6.07, 6.45) is 1.96. The summed E-state index contributed by atoms with van der Waals surface area (Å²) < 4.78 is 0. The minimum Gasteiger partial charge on any atom is -0.508 e. The average Bonchev–Trinajstić information content (AvgIpc) is 2.65. The first-order chi connectivity index (χ1) is 11.7. The molecule has 24 heavy (non-hydrogen) atoms. The van der Waals surface area contributed by atoms with E-state index in [1.54, 1.807) is 24.3 Å². The van der Waals surface area contributed by atoms with Gasteiger partial charge in [-0.05, 0) is 53.8 Å². The lowest BCUT2D eigenvalue weighted by molar-refractivity contribution is 0.475. The predicted molar refractivity (Wildman–Crippen MR) is 106 cm³/mol. The van der Waals surface area contributed by atoms with Crippen LogP contribution >= 0.6 is 0 Å². The molecule has 0 aliphatic rings. The lowest BCUT2D eigenvalue weighted by Gasteiger charge is -2.14. The highest BCUT2D eigenvalue weighted by atomic mass is 16.3. The molecule has 132 valence electrons. The molecule has 0 amide bonds. The fourth-order valence-electron chi connectivity index (χ4n) is 2.43. The molecule has 0 saturated carbocycles. The van der Waals surface area contributed by atoms with Crippen LogP contribution in [0.5, 0.6) is 11.5 Å². The molecule has 0 radical (unpaired) electrons. The number of hydrogen-bond donors (Lipinski definition) is 2. The van der Waals surface area contributed by atoms with E-state index in [0.717, 1.165) is 24.0 Å². The molecule has 0 aliphatic carbocycles. The molecule has 0 atom stereocenters. The first-order valence-corrected chi connectivity index (χ1v) is 8.96. The van der Waals surface area contributed by atoms with E-state index in [1.807, 2.05) is 52.0 Å². The van der Waals surface area contributed by atoms with Gasteiger partial charge in [-0.2, -0.15) is 0 Å². The van der Waals surface area contributed by atoms with Crippen LogP contribution in [0, 0.1) is 0 Å². The van der Waals surface area contributed by atoms with Crippen molar-refractivity contribution in [1.82, 2.24) is 0 Å². The molecule has 2 nitrogen and oxygen atoms in total. The molecule has 0 aliphatic heterocycles. The minimum absolute atomic E-state index is 0.272. The number of allylic oxidation sites excluding steroid dienone is 1. The zero-order valence-electron chi connectivity index (χ0n) is 15.9. The van der Waals surface area contributed by atoms with Crippen molar-refractivity contribution in [1.29, 1.82) is 0 Å². The van der Waals surface area contributed by atoms with Crippen LogP contribution < -0.4 is 0 Å². The van der Waals surface area contributed by atoms with Crippen LogP contribution in [0.1, 0.15) is 65.5 Å². The first kappa shape index (κ1) is 21.8. The fraction of sp³-hybridized carbons (Fsp3) is 0.364. The van der Waals surface area contributed by atoms with Crippen LogP contribution in [0.25, 0.3) is 5.57 Å². The van der Waals surface area contributed by atoms with Gasteiger partial charge >= 0.3 is 0 Å². The molecule has 0 saturated heterocycles. The van der Waals surface area contributed by atoms with Gasteiger partial charge in [0.15, 0.2) is 0 Å². The Balaban J connectivity index is 0.00000123. The molecule has 2 aromatic carbocycles. The average molecular weight is 328 g/mol. The molecule has 2 N–H and O–H groups in total. The van der Waals surface area contributed by atoms with Gasteiger partial charge in [-0.3, -0.25) is 0 Å².